The Morgan fingerprint density at radius 1 is 0.496 bits per heavy atom. The number of carboxylic acids is 1. The number of aliphatic hydroxyl groups excluding tert-OH is 1. The van der Waals surface area contributed by atoms with Crippen LogP contribution in [0.1, 0.15) is 230 Å². The molecule has 4 amide bonds. The lowest BCUT2D eigenvalue weighted by Gasteiger charge is -2.25. The standard InChI is InChI=1S/C27H23F3N4O5S.C19H16F3N3O3.C12H20N4O2.2C12H27P.C10H13NO3S/c1-16-6-9-23(39-15-17-7-8-22-18(13-17)10-11-33(22)40(2,37)38)19(12-16)21-4-3-5-24(32-21)34-25(27(28,29)30)20(14-31-34)26(35)36;1-3-28-18(27)13-10-23-25(17(13)19(20,21)22)16-6-4-5-14(24-16)12-9-11(2)7-8-15(12)26;17-11(15-7-3-1-4-8-15)13-14-12(18)16-9-5-2-6-10-16;2*1-4-7-10-13(11-8-5-2)12-9-6-3;1-15(13,14)11-5-4-9-6-8(7-12)2-3-10(9)11/h3-9,12-14H,10-11,15H2,1-2H3,(H,35,36);4-10,26H,3H2,1-2H3;1-10H2;2*4-12H2,1-3H3;2-3,6,12H,4-5,7H2,1H3. The minimum Gasteiger partial charge on any atom is -0.507 e. The van der Waals surface area contributed by atoms with Gasteiger partial charge >= 0.3 is 36.4 Å². The summed E-state index contributed by atoms with van der Waals surface area (Å²) in [5.41, 5.74) is 3.69. The number of phenolic OH excluding ortho intramolecular Hbond substituents is 1. The van der Waals surface area contributed by atoms with Crippen LogP contribution in [-0.2, 0) is 63.2 Å². The van der Waals surface area contributed by atoms with Gasteiger partial charge < -0.3 is 34.6 Å². The van der Waals surface area contributed by atoms with E-state index in [4.69, 9.17) is 9.84 Å². The van der Waals surface area contributed by atoms with Gasteiger partial charge in [0.05, 0.1) is 60.9 Å². The van der Waals surface area contributed by atoms with Crippen LogP contribution in [0.25, 0.3) is 34.2 Å². The predicted molar refractivity (Wildman–Crippen MR) is 492 cm³/mol. The molecule has 0 radical (unpaired) electrons. The highest BCUT2D eigenvalue weighted by atomic mass is 32.2. The number of rotatable bonds is 31. The van der Waals surface area contributed by atoms with Crippen molar-refractivity contribution in [2.45, 2.75) is 216 Å². The largest absolute Gasteiger partial charge is 0.507 e. The van der Waals surface area contributed by atoms with Gasteiger partial charge in [-0.3, -0.25) is 8.61 Å². The zero-order valence-electron chi connectivity index (χ0n) is 75.1. The molecule has 4 aliphatic rings. The minimum atomic E-state index is -4.98. The van der Waals surface area contributed by atoms with E-state index < -0.39 is 66.9 Å². The van der Waals surface area contributed by atoms with Crippen molar-refractivity contribution in [1.29, 1.82) is 0 Å². The van der Waals surface area contributed by atoms with Crippen LogP contribution in [0, 0.1) is 13.8 Å². The Kier molecular flexibility index (Phi) is 42.6. The number of carbonyl (C=O) groups excluding carboxylic acids is 3. The number of phenols is 1. The number of unbranched alkanes of at least 4 members (excludes halogenated alkanes) is 6. The topological polar surface area (TPSA) is 315 Å². The van der Waals surface area contributed by atoms with E-state index in [1.165, 1.54) is 135 Å². The first-order valence-electron chi connectivity index (χ1n) is 44.0. The van der Waals surface area contributed by atoms with Crippen LogP contribution >= 0.6 is 15.8 Å². The second-order valence-electron chi connectivity index (χ2n) is 31.6. The average Bonchev–Trinajstić information content (AvgIpc) is 1.65. The smallest absolute Gasteiger partial charge is 0.434 e. The number of fused-ring (bicyclic) bond motifs is 2. The number of likely N-dealkylation sites (tertiary alicyclic amines) is 2. The lowest BCUT2D eigenvalue weighted by molar-refractivity contribution is -0.144. The van der Waals surface area contributed by atoms with Crippen molar-refractivity contribution < 1.29 is 87.1 Å². The molecular formula is C92H126F6N12O13P2S2. The minimum absolute atomic E-state index is 0.00778. The molecule has 0 atom stereocenters. The number of urea groups is 2. The van der Waals surface area contributed by atoms with E-state index in [1.54, 1.807) is 107 Å². The van der Waals surface area contributed by atoms with Gasteiger partial charge in [-0.25, -0.2) is 55.3 Å². The SMILES string of the molecule is CCCCP(CCCC)CCCC.CCCCP(CCCC)CCCC.CCOC(=O)c1cnn(-c2cccc(-c3cc(C)ccc3O)n2)c1C(F)(F)F.CS(=O)(=O)N1CCc2cc(CO)ccc21.Cc1ccc(OCc2ccc3c(c2)CCN3S(C)(=O)=O)c(-c2cccc(-n3ncc(C(=O)O)c3C(F)(F)F)n2)c1.O=C(N=NC(=O)N1CCCCC1)N1CCCCC1. The number of azo groups is 1. The van der Waals surface area contributed by atoms with Crippen molar-refractivity contribution in [3.8, 4) is 45.6 Å². The first kappa shape index (κ1) is 105. The molecule has 0 saturated carbocycles. The number of halogens is 6. The summed E-state index contributed by atoms with van der Waals surface area (Å²) in [7, 11) is -5.69. The molecule has 35 heteroatoms. The third-order valence-electron chi connectivity index (χ3n) is 21.4. The number of anilines is 2. The number of aliphatic hydroxyl groups is 1. The number of piperidine rings is 2. The number of aryl methyl sites for hydroxylation is 2. The Morgan fingerprint density at radius 3 is 1.29 bits per heavy atom. The summed E-state index contributed by atoms with van der Waals surface area (Å²) in [6.45, 7) is 22.9. The zero-order chi connectivity index (χ0) is 93.0. The van der Waals surface area contributed by atoms with E-state index in [2.05, 4.69) is 76.7 Å². The number of esters is 1. The number of aromatic hydroxyl groups is 1. The van der Waals surface area contributed by atoms with E-state index >= 15 is 0 Å². The van der Waals surface area contributed by atoms with E-state index in [0.29, 0.717) is 79.2 Å². The number of aromatic nitrogens is 6. The number of sulfonamides is 2. The number of aromatic carboxylic acids is 1. The fourth-order valence-corrected chi connectivity index (χ4v) is 22.4. The molecule has 127 heavy (non-hydrogen) atoms. The molecule has 8 aromatic rings. The van der Waals surface area contributed by atoms with Gasteiger partial charge in [0.1, 0.15) is 29.2 Å². The molecule has 8 heterocycles. The van der Waals surface area contributed by atoms with Crippen molar-refractivity contribution >= 4 is 71.3 Å². The van der Waals surface area contributed by atoms with Crippen LogP contribution in [0.15, 0.2) is 132 Å². The number of benzene rings is 4. The van der Waals surface area contributed by atoms with E-state index in [9.17, 15) is 72.6 Å². The molecule has 4 aromatic heterocycles. The van der Waals surface area contributed by atoms with Crippen LogP contribution < -0.4 is 13.3 Å². The number of hydrogen-bond donors (Lipinski definition) is 3. The van der Waals surface area contributed by atoms with Crippen LogP contribution in [0.5, 0.6) is 11.5 Å². The highest BCUT2D eigenvalue weighted by molar-refractivity contribution is 7.92. The quantitative estimate of drug-likeness (QED) is 0.0157. The van der Waals surface area contributed by atoms with Gasteiger partial charge in [0.25, 0.3) is 0 Å². The van der Waals surface area contributed by atoms with Gasteiger partial charge in [-0.1, -0.05) is 150 Å². The van der Waals surface area contributed by atoms with Crippen molar-refractivity contribution in [2.24, 2.45) is 10.2 Å². The maximum Gasteiger partial charge on any atom is 0.434 e. The lowest BCUT2D eigenvalue weighted by Crippen LogP contribution is -2.35. The highest BCUT2D eigenvalue weighted by Gasteiger charge is 2.43. The Labute approximate surface area is 747 Å². The third-order valence-corrected chi connectivity index (χ3v) is 29.4. The normalized spacial score (nSPS) is 13.9. The molecule has 2 fully saturated rings. The van der Waals surface area contributed by atoms with Gasteiger partial charge in [-0.05, 0) is 231 Å². The summed E-state index contributed by atoms with van der Waals surface area (Å²) in [6, 6.07) is 29.0. The zero-order valence-corrected chi connectivity index (χ0v) is 78.5. The summed E-state index contributed by atoms with van der Waals surface area (Å²) in [6.07, 6.45) is 28.1. The lowest BCUT2D eigenvalue weighted by atomic mass is 10.1. The van der Waals surface area contributed by atoms with Gasteiger partial charge in [0.15, 0.2) is 23.0 Å². The fourth-order valence-electron chi connectivity index (χ4n) is 14.5. The monoisotopic (exact) mass is 1850 g/mol. The van der Waals surface area contributed by atoms with Crippen LogP contribution in [0.3, 0.4) is 0 Å². The Bertz CT molecular complexity index is 5030. The van der Waals surface area contributed by atoms with E-state index in [1.807, 2.05) is 32.0 Å². The molecule has 4 aromatic carbocycles. The molecule has 25 nitrogen and oxygen atoms in total. The number of ether oxygens (including phenoxy) is 2. The Morgan fingerprint density at radius 2 is 0.890 bits per heavy atom. The second-order valence-corrected chi connectivity index (χ2v) is 40.8. The van der Waals surface area contributed by atoms with E-state index in [0.717, 1.165) is 116 Å². The summed E-state index contributed by atoms with van der Waals surface area (Å²) in [5, 5.41) is 42.7. The first-order chi connectivity index (χ1) is 60.5. The maximum atomic E-state index is 13.7. The average molecular weight is 1850 g/mol. The number of alkyl halides is 6. The number of amides is 4. The number of carboxylic acid groups (broad SMARTS) is 1. The van der Waals surface area contributed by atoms with Gasteiger partial charge in [0.2, 0.25) is 20.0 Å². The first-order valence-corrected chi connectivity index (χ1v) is 51.5. The van der Waals surface area contributed by atoms with Gasteiger partial charge in [-0.2, -0.15) is 36.5 Å². The number of carbonyl (C=O) groups is 4. The summed E-state index contributed by atoms with van der Waals surface area (Å²) in [4.78, 5) is 58.5. The second kappa shape index (κ2) is 51.7. The molecule has 0 unspecified atom stereocenters. The molecule has 0 bridgehead atoms. The van der Waals surface area contributed by atoms with Crippen molar-refractivity contribution in [1.82, 2.24) is 39.3 Å². The molecule has 2 saturated heterocycles. The third kappa shape index (κ3) is 32.3. The van der Waals surface area contributed by atoms with Gasteiger partial charge in [0, 0.05) is 50.4 Å². The molecule has 3 N–H and O–H groups in total. The maximum absolute atomic E-state index is 13.7. The Hall–Kier alpha value is -9.42. The molecular weight excluding hydrogens is 1720 g/mol. The van der Waals surface area contributed by atoms with Crippen molar-refractivity contribution in [3.05, 3.63) is 177 Å². The van der Waals surface area contributed by atoms with Crippen LogP contribution in [0.4, 0.5) is 47.3 Å². The van der Waals surface area contributed by atoms with E-state index in [-0.39, 0.29) is 55.0 Å². The Balaban J connectivity index is 0.000000222. The summed E-state index contributed by atoms with van der Waals surface area (Å²) in [5.74, 6) is -2.86. The van der Waals surface area contributed by atoms with Crippen molar-refractivity contribution in [2.75, 3.05) is 104 Å². The summed E-state index contributed by atoms with van der Waals surface area (Å²) >= 11 is 0. The molecule has 4 aliphatic heterocycles. The number of pyridine rings is 2. The van der Waals surface area contributed by atoms with Crippen LogP contribution in [0.2, 0.25) is 0 Å². The number of nitrogens with zero attached hydrogens (tertiary/aromatic N) is 12. The summed E-state index contributed by atoms with van der Waals surface area (Å²) < 4.78 is 144. The molecule has 0 spiro atoms. The van der Waals surface area contributed by atoms with Crippen LogP contribution in [-0.4, -0.2) is 191 Å². The van der Waals surface area contributed by atoms with Crippen molar-refractivity contribution in [3.63, 3.8) is 0 Å². The molecule has 696 valence electrons. The number of hydrogen-bond acceptors (Lipinski definition) is 16. The van der Waals surface area contributed by atoms with Gasteiger partial charge in [-0.15, -0.1) is 15.8 Å². The molecule has 12 rings (SSSR count). The molecule has 0 aliphatic carbocycles. The highest BCUT2D eigenvalue weighted by Crippen LogP contribution is 2.42. The fraction of sp³-hybridized carbons (Fsp3) is 0.522. The predicted octanol–water partition coefficient (Wildman–Crippen LogP) is 21.9.